The van der Waals surface area contributed by atoms with Gasteiger partial charge in [-0.2, -0.15) is 0 Å². The molecule has 0 atom stereocenters. The summed E-state index contributed by atoms with van der Waals surface area (Å²) in [6.07, 6.45) is 1.56. The Morgan fingerprint density at radius 3 is 2.74 bits per heavy atom. The van der Waals surface area contributed by atoms with E-state index in [1.54, 1.807) is 48.5 Å². The molecule has 0 unspecified atom stereocenters. The number of rotatable bonds is 5. The number of methoxy groups -OCH3 is 1. The van der Waals surface area contributed by atoms with Gasteiger partial charge in [0.15, 0.2) is 4.32 Å². The molecule has 0 spiro atoms. The first kappa shape index (κ1) is 21.1. The Morgan fingerprint density at radius 2 is 2.00 bits per heavy atom. The highest BCUT2D eigenvalue weighted by Gasteiger charge is 2.35. The van der Waals surface area contributed by atoms with Gasteiger partial charge in [0.25, 0.3) is 11.6 Å². The van der Waals surface area contributed by atoms with Crippen molar-refractivity contribution in [1.82, 2.24) is 0 Å². The number of hydrogen-bond acceptors (Lipinski definition) is 7. The van der Waals surface area contributed by atoms with E-state index in [4.69, 9.17) is 33.0 Å². The Hall–Kier alpha value is -3.14. The van der Waals surface area contributed by atoms with Gasteiger partial charge in [0.1, 0.15) is 17.3 Å². The summed E-state index contributed by atoms with van der Waals surface area (Å²) in [4.78, 5) is 25.6. The number of nitrogens with zero attached hydrogens (tertiary/aromatic N) is 2. The van der Waals surface area contributed by atoms with E-state index in [1.165, 1.54) is 24.1 Å². The van der Waals surface area contributed by atoms with Crippen molar-refractivity contribution in [1.29, 1.82) is 0 Å². The summed E-state index contributed by atoms with van der Waals surface area (Å²) < 4.78 is 11.5. The second-order valence-electron chi connectivity index (χ2n) is 6.31. The maximum Gasteiger partial charge on any atom is 0.281 e. The van der Waals surface area contributed by atoms with Crippen molar-refractivity contribution in [3.05, 3.63) is 80.4 Å². The number of ether oxygens (including phenoxy) is 1. The van der Waals surface area contributed by atoms with Gasteiger partial charge in [-0.25, -0.2) is 0 Å². The number of furan rings is 1. The third-order valence-electron chi connectivity index (χ3n) is 4.44. The number of halogens is 1. The van der Waals surface area contributed by atoms with Gasteiger partial charge in [-0.15, -0.1) is 0 Å². The van der Waals surface area contributed by atoms with Crippen molar-refractivity contribution in [3.8, 4) is 17.1 Å². The standard InChI is InChI=1S/C21H13ClN2O5S2/c1-28-18-5-3-2-4-15(18)23-20(25)19(31-21(23)30)11-13-7-9-17(29-13)14-8-6-12(22)10-16(14)24(26)27/h2-11H,1H3/b19-11+. The van der Waals surface area contributed by atoms with Gasteiger partial charge in [-0.05, 0) is 36.4 Å². The van der Waals surface area contributed by atoms with Crippen LogP contribution in [-0.2, 0) is 4.79 Å². The molecule has 0 radical (unpaired) electrons. The van der Waals surface area contributed by atoms with Crippen LogP contribution in [-0.4, -0.2) is 22.3 Å². The van der Waals surface area contributed by atoms with Crippen LogP contribution in [0.15, 0.2) is 63.9 Å². The predicted octanol–water partition coefficient (Wildman–Crippen LogP) is 5.92. The molecule has 156 valence electrons. The van der Waals surface area contributed by atoms with E-state index in [-0.39, 0.29) is 27.9 Å². The average Bonchev–Trinajstić information content (AvgIpc) is 3.32. The number of anilines is 1. The van der Waals surface area contributed by atoms with Crippen molar-refractivity contribution in [2.75, 3.05) is 12.0 Å². The Morgan fingerprint density at radius 1 is 1.23 bits per heavy atom. The van der Waals surface area contributed by atoms with E-state index in [1.807, 2.05) is 0 Å². The maximum absolute atomic E-state index is 13.0. The fourth-order valence-corrected chi connectivity index (χ4v) is 4.49. The Balaban J connectivity index is 1.66. The molecule has 31 heavy (non-hydrogen) atoms. The minimum atomic E-state index is -0.526. The van der Waals surface area contributed by atoms with Crippen LogP contribution in [0.5, 0.6) is 5.75 Å². The first-order chi connectivity index (χ1) is 14.9. The van der Waals surface area contributed by atoms with Gasteiger partial charge in [-0.3, -0.25) is 19.8 Å². The lowest BCUT2D eigenvalue weighted by Gasteiger charge is -2.17. The molecule has 0 aliphatic carbocycles. The van der Waals surface area contributed by atoms with Crippen LogP contribution >= 0.6 is 35.6 Å². The largest absolute Gasteiger partial charge is 0.495 e. The molecule has 2 heterocycles. The topological polar surface area (TPSA) is 85.8 Å². The second kappa shape index (κ2) is 8.54. The SMILES string of the molecule is COc1ccccc1N1C(=O)/C(=C\c2ccc(-c3ccc(Cl)cc3[N+](=O)[O-])o2)SC1=S. The molecule has 1 amide bonds. The van der Waals surface area contributed by atoms with E-state index in [2.05, 4.69) is 0 Å². The molecular weight excluding hydrogens is 460 g/mol. The lowest BCUT2D eigenvalue weighted by Crippen LogP contribution is -2.27. The van der Waals surface area contributed by atoms with Crippen molar-refractivity contribution in [2.24, 2.45) is 0 Å². The summed E-state index contributed by atoms with van der Waals surface area (Å²) in [5.41, 5.74) is 0.666. The van der Waals surface area contributed by atoms with Crippen LogP contribution in [0, 0.1) is 10.1 Å². The smallest absolute Gasteiger partial charge is 0.281 e. The predicted molar refractivity (Wildman–Crippen MR) is 124 cm³/mol. The Bertz CT molecular complexity index is 1250. The normalized spacial score (nSPS) is 15.0. The molecule has 4 rings (SSSR count). The number of carbonyl (C=O) groups excluding carboxylic acids is 1. The third-order valence-corrected chi connectivity index (χ3v) is 5.98. The highest BCUT2D eigenvalue weighted by atomic mass is 35.5. The fourth-order valence-electron chi connectivity index (χ4n) is 3.06. The van der Waals surface area contributed by atoms with E-state index < -0.39 is 4.92 Å². The Labute approximate surface area is 191 Å². The Kier molecular flexibility index (Phi) is 5.81. The number of thioether (sulfide) groups is 1. The molecule has 1 aliphatic heterocycles. The molecule has 0 N–H and O–H groups in total. The molecule has 10 heteroatoms. The van der Waals surface area contributed by atoms with Gasteiger partial charge in [0, 0.05) is 17.2 Å². The van der Waals surface area contributed by atoms with Crippen molar-refractivity contribution < 1.29 is 18.9 Å². The lowest BCUT2D eigenvalue weighted by atomic mass is 10.1. The van der Waals surface area contributed by atoms with E-state index in [0.29, 0.717) is 26.4 Å². The molecule has 1 aromatic heterocycles. The highest BCUT2D eigenvalue weighted by molar-refractivity contribution is 8.27. The molecule has 1 aliphatic rings. The first-order valence-corrected chi connectivity index (χ1v) is 10.4. The van der Waals surface area contributed by atoms with Crippen molar-refractivity contribution in [3.63, 3.8) is 0 Å². The summed E-state index contributed by atoms with van der Waals surface area (Å²) in [5.74, 6) is 0.861. The minimum absolute atomic E-state index is 0.170. The zero-order valence-electron chi connectivity index (χ0n) is 15.9. The third kappa shape index (κ3) is 4.07. The molecular formula is C21H13ClN2O5S2. The number of carbonyl (C=O) groups is 1. The quantitative estimate of drug-likeness (QED) is 0.197. The number of nitro groups is 1. The number of benzene rings is 2. The molecule has 1 fully saturated rings. The van der Waals surface area contributed by atoms with E-state index in [0.717, 1.165) is 11.8 Å². The lowest BCUT2D eigenvalue weighted by molar-refractivity contribution is -0.384. The zero-order chi connectivity index (χ0) is 22.1. The van der Waals surface area contributed by atoms with Gasteiger partial charge >= 0.3 is 0 Å². The van der Waals surface area contributed by atoms with E-state index >= 15 is 0 Å². The molecule has 7 nitrogen and oxygen atoms in total. The van der Waals surface area contributed by atoms with Gasteiger partial charge in [0.05, 0.1) is 28.2 Å². The zero-order valence-corrected chi connectivity index (χ0v) is 18.3. The molecule has 0 bridgehead atoms. The average molecular weight is 473 g/mol. The van der Waals surface area contributed by atoms with Crippen molar-refractivity contribution in [2.45, 2.75) is 0 Å². The number of amides is 1. The van der Waals surface area contributed by atoms with Crippen LogP contribution in [0.1, 0.15) is 5.76 Å². The van der Waals surface area contributed by atoms with E-state index in [9.17, 15) is 14.9 Å². The molecule has 2 aromatic carbocycles. The fraction of sp³-hybridized carbons (Fsp3) is 0.0476. The van der Waals surface area contributed by atoms with Crippen LogP contribution in [0.4, 0.5) is 11.4 Å². The van der Waals surface area contributed by atoms with Crippen LogP contribution < -0.4 is 9.64 Å². The van der Waals surface area contributed by atoms with Gasteiger partial charge in [-0.1, -0.05) is 47.7 Å². The molecule has 0 saturated carbocycles. The summed E-state index contributed by atoms with van der Waals surface area (Å²) in [5, 5.41) is 11.6. The van der Waals surface area contributed by atoms with Crippen LogP contribution in [0.3, 0.4) is 0 Å². The number of nitro benzene ring substituents is 1. The van der Waals surface area contributed by atoms with Gasteiger partial charge in [0.2, 0.25) is 0 Å². The second-order valence-corrected chi connectivity index (χ2v) is 8.42. The number of para-hydroxylation sites is 2. The van der Waals surface area contributed by atoms with Crippen molar-refractivity contribution >= 4 is 63.3 Å². The maximum atomic E-state index is 13.0. The minimum Gasteiger partial charge on any atom is -0.495 e. The monoisotopic (exact) mass is 472 g/mol. The van der Waals surface area contributed by atoms with Gasteiger partial charge < -0.3 is 9.15 Å². The summed E-state index contributed by atoms with van der Waals surface area (Å²) in [6, 6.07) is 14.6. The van der Waals surface area contributed by atoms with Crippen LogP contribution in [0.2, 0.25) is 5.02 Å². The number of thiocarbonyl (C=S) groups is 1. The highest BCUT2D eigenvalue weighted by Crippen LogP contribution is 2.40. The number of hydrogen-bond donors (Lipinski definition) is 0. The summed E-state index contributed by atoms with van der Waals surface area (Å²) >= 11 is 12.4. The summed E-state index contributed by atoms with van der Waals surface area (Å²) in [6.45, 7) is 0. The summed E-state index contributed by atoms with van der Waals surface area (Å²) in [7, 11) is 1.52. The molecule has 1 saturated heterocycles. The first-order valence-electron chi connectivity index (χ1n) is 8.84. The molecule has 3 aromatic rings. The van der Waals surface area contributed by atoms with Crippen LogP contribution in [0.25, 0.3) is 17.4 Å².